The molecule has 0 aliphatic carbocycles. The number of aromatic nitrogens is 2. The van der Waals surface area contributed by atoms with Crippen LogP contribution in [0.1, 0.15) is 39.7 Å². The summed E-state index contributed by atoms with van der Waals surface area (Å²) in [6.45, 7) is 9.08. The van der Waals surface area contributed by atoms with Gasteiger partial charge >= 0.3 is 6.09 Å². The number of rotatable bonds is 5. The molecular weight excluding hydrogens is 436 g/mol. The van der Waals surface area contributed by atoms with Crippen molar-refractivity contribution >= 4 is 17.6 Å². The smallest absolute Gasteiger partial charge is 0.410 e. The van der Waals surface area contributed by atoms with Gasteiger partial charge in [-0.1, -0.05) is 6.07 Å². The minimum atomic E-state index is -0.985. The van der Waals surface area contributed by atoms with Gasteiger partial charge in [0.1, 0.15) is 17.1 Å². The molecule has 180 valence electrons. The molecular formula is C22H29F2N5O4. The van der Waals surface area contributed by atoms with E-state index in [1.165, 1.54) is 11.0 Å². The summed E-state index contributed by atoms with van der Waals surface area (Å²) in [5.74, 6) is -2.21. The molecule has 1 aliphatic heterocycles. The van der Waals surface area contributed by atoms with E-state index in [4.69, 9.17) is 15.2 Å². The van der Waals surface area contributed by atoms with Crippen LogP contribution in [0.2, 0.25) is 0 Å². The number of para-hydroxylation sites is 1. The number of carbonyl (C=O) groups excluding carboxylic acids is 1. The third-order valence-electron chi connectivity index (χ3n) is 5.30. The molecule has 0 radical (unpaired) electrons. The van der Waals surface area contributed by atoms with Crippen molar-refractivity contribution in [3.05, 3.63) is 45.8 Å². The van der Waals surface area contributed by atoms with Gasteiger partial charge in [0.05, 0.1) is 6.04 Å². The zero-order valence-electron chi connectivity index (χ0n) is 19.3. The predicted octanol–water partition coefficient (Wildman–Crippen LogP) is 3.18. The summed E-state index contributed by atoms with van der Waals surface area (Å²) >= 11 is 0. The third kappa shape index (κ3) is 5.35. The van der Waals surface area contributed by atoms with Crippen LogP contribution in [0.5, 0.6) is 5.75 Å². The van der Waals surface area contributed by atoms with Crippen LogP contribution in [-0.4, -0.2) is 52.2 Å². The third-order valence-corrected chi connectivity index (χ3v) is 5.30. The highest BCUT2D eigenvalue weighted by atomic mass is 19.1. The normalized spacial score (nSPS) is 17.1. The standard InChI is InChI=1S/C22H29F2N5O4/c1-12-17(20(30)27-26-19(12)25)29(13(2)32-18-15(23)7-6-8-16(18)24)14-9-10-28(11-14)21(31)33-22(3,4)5/h6-8,13-14H,9-11H2,1-5H3,(H2,25,26)(H,27,30)/t13?,14-/m1/s1. The highest BCUT2D eigenvalue weighted by Crippen LogP contribution is 2.30. The van der Waals surface area contributed by atoms with Crippen molar-refractivity contribution in [3.63, 3.8) is 0 Å². The summed E-state index contributed by atoms with van der Waals surface area (Å²) in [5.41, 5.74) is 5.26. The number of H-pyrrole nitrogens is 1. The van der Waals surface area contributed by atoms with Crippen molar-refractivity contribution in [2.24, 2.45) is 0 Å². The zero-order chi connectivity index (χ0) is 24.5. The van der Waals surface area contributed by atoms with E-state index in [0.29, 0.717) is 18.5 Å². The number of nitrogen functional groups attached to an aromatic ring is 1. The lowest BCUT2D eigenvalue weighted by atomic mass is 10.1. The lowest BCUT2D eigenvalue weighted by Crippen LogP contribution is -2.49. The largest absolute Gasteiger partial charge is 0.465 e. The van der Waals surface area contributed by atoms with Crippen molar-refractivity contribution in [2.45, 2.75) is 58.9 Å². The van der Waals surface area contributed by atoms with E-state index in [-0.39, 0.29) is 18.1 Å². The maximum Gasteiger partial charge on any atom is 0.410 e. The molecule has 1 fully saturated rings. The van der Waals surface area contributed by atoms with Crippen LogP contribution in [0.4, 0.5) is 25.1 Å². The summed E-state index contributed by atoms with van der Waals surface area (Å²) in [5, 5.41) is 6.11. The summed E-state index contributed by atoms with van der Waals surface area (Å²) in [4.78, 5) is 28.4. The Morgan fingerprint density at radius 3 is 2.58 bits per heavy atom. The first kappa shape index (κ1) is 24.3. The number of benzene rings is 1. The lowest BCUT2D eigenvalue weighted by molar-refractivity contribution is 0.0290. The molecule has 2 aromatic rings. The molecule has 0 saturated carbocycles. The number of halogens is 2. The molecule has 9 nitrogen and oxygen atoms in total. The monoisotopic (exact) mass is 465 g/mol. The van der Waals surface area contributed by atoms with E-state index < -0.39 is 46.9 Å². The molecule has 2 heterocycles. The van der Waals surface area contributed by atoms with Gasteiger partial charge in [-0.05, 0) is 53.2 Å². The van der Waals surface area contributed by atoms with Crippen LogP contribution in [0, 0.1) is 18.6 Å². The Morgan fingerprint density at radius 1 is 1.33 bits per heavy atom. The van der Waals surface area contributed by atoms with Gasteiger partial charge in [-0.25, -0.2) is 18.7 Å². The topological polar surface area (TPSA) is 114 Å². The number of nitrogens with zero attached hydrogens (tertiary/aromatic N) is 3. The van der Waals surface area contributed by atoms with Crippen LogP contribution in [-0.2, 0) is 4.74 Å². The number of carbonyl (C=O) groups is 1. The van der Waals surface area contributed by atoms with E-state index in [1.807, 2.05) is 0 Å². The number of anilines is 2. The first-order valence-corrected chi connectivity index (χ1v) is 10.6. The van der Waals surface area contributed by atoms with Gasteiger partial charge < -0.3 is 25.0 Å². The molecule has 0 spiro atoms. The fourth-order valence-electron chi connectivity index (χ4n) is 3.80. The van der Waals surface area contributed by atoms with Crippen LogP contribution in [0.15, 0.2) is 23.0 Å². The van der Waals surface area contributed by atoms with Crippen molar-refractivity contribution in [1.82, 2.24) is 15.1 Å². The molecule has 1 aromatic carbocycles. The van der Waals surface area contributed by atoms with Crippen molar-refractivity contribution in [2.75, 3.05) is 23.7 Å². The fraction of sp³-hybridized carbons (Fsp3) is 0.500. The summed E-state index contributed by atoms with van der Waals surface area (Å²) in [6.07, 6.45) is -1.01. The van der Waals surface area contributed by atoms with Crippen LogP contribution in [0.3, 0.4) is 0 Å². The molecule has 0 bridgehead atoms. The molecule has 1 aliphatic rings. The van der Waals surface area contributed by atoms with E-state index in [2.05, 4.69) is 10.2 Å². The summed E-state index contributed by atoms with van der Waals surface area (Å²) in [7, 11) is 0. The van der Waals surface area contributed by atoms with Crippen molar-refractivity contribution in [3.8, 4) is 5.75 Å². The Bertz CT molecular complexity index is 1070. The maximum absolute atomic E-state index is 14.3. The zero-order valence-corrected chi connectivity index (χ0v) is 19.3. The number of likely N-dealkylation sites (tertiary alicyclic amines) is 1. The molecule has 1 amide bonds. The molecule has 2 atom stereocenters. The highest BCUT2D eigenvalue weighted by molar-refractivity contribution is 5.69. The second-order valence-electron chi connectivity index (χ2n) is 8.96. The highest BCUT2D eigenvalue weighted by Gasteiger charge is 2.37. The van der Waals surface area contributed by atoms with E-state index in [9.17, 15) is 18.4 Å². The Kier molecular flexibility index (Phi) is 6.80. The Balaban J connectivity index is 1.96. The average Bonchev–Trinajstić information content (AvgIpc) is 3.19. The molecule has 11 heteroatoms. The van der Waals surface area contributed by atoms with Crippen molar-refractivity contribution < 1.29 is 23.0 Å². The first-order valence-electron chi connectivity index (χ1n) is 10.6. The number of ether oxygens (including phenoxy) is 2. The number of hydrogen-bond acceptors (Lipinski definition) is 7. The van der Waals surface area contributed by atoms with Crippen LogP contribution < -0.4 is 20.9 Å². The van der Waals surface area contributed by atoms with E-state index in [0.717, 1.165) is 12.1 Å². The number of nitrogens with two attached hydrogens (primary N) is 1. The second kappa shape index (κ2) is 9.24. The van der Waals surface area contributed by atoms with E-state index >= 15 is 0 Å². The number of amides is 1. The number of hydrogen-bond donors (Lipinski definition) is 2. The fourth-order valence-corrected chi connectivity index (χ4v) is 3.80. The Morgan fingerprint density at radius 2 is 1.97 bits per heavy atom. The minimum Gasteiger partial charge on any atom is -0.465 e. The molecule has 1 unspecified atom stereocenters. The van der Waals surface area contributed by atoms with Crippen LogP contribution in [0.25, 0.3) is 0 Å². The average molecular weight is 466 g/mol. The Hall–Kier alpha value is -3.37. The maximum atomic E-state index is 14.3. The summed E-state index contributed by atoms with van der Waals surface area (Å²) < 4.78 is 39.6. The van der Waals surface area contributed by atoms with Gasteiger partial charge in [-0.3, -0.25) is 4.79 Å². The van der Waals surface area contributed by atoms with E-state index in [1.54, 1.807) is 39.5 Å². The molecule has 33 heavy (non-hydrogen) atoms. The number of aromatic amines is 1. The summed E-state index contributed by atoms with van der Waals surface area (Å²) in [6, 6.07) is 2.98. The molecule has 3 N–H and O–H groups in total. The van der Waals surface area contributed by atoms with Gasteiger partial charge in [-0.2, -0.15) is 5.10 Å². The number of nitrogens with one attached hydrogen (secondary N) is 1. The van der Waals surface area contributed by atoms with Crippen molar-refractivity contribution in [1.29, 1.82) is 0 Å². The van der Waals surface area contributed by atoms with Gasteiger partial charge in [0.2, 0.25) is 0 Å². The Labute approximate surface area is 190 Å². The van der Waals surface area contributed by atoms with Gasteiger partial charge in [0.15, 0.2) is 23.6 Å². The van der Waals surface area contributed by atoms with Crippen LogP contribution >= 0.6 is 0 Å². The van der Waals surface area contributed by atoms with Gasteiger partial charge in [-0.15, -0.1) is 0 Å². The van der Waals surface area contributed by atoms with Gasteiger partial charge in [0.25, 0.3) is 5.56 Å². The first-order chi connectivity index (χ1) is 15.4. The molecule has 1 saturated heterocycles. The quantitative estimate of drug-likeness (QED) is 0.652. The minimum absolute atomic E-state index is 0.0980. The molecule has 3 rings (SSSR count). The molecule has 1 aromatic heterocycles. The van der Waals surface area contributed by atoms with Gasteiger partial charge in [0, 0.05) is 18.7 Å². The second-order valence-corrected chi connectivity index (χ2v) is 8.96. The lowest BCUT2D eigenvalue weighted by Gasteiger charge is -2.36. The predicted molar refractivity (Wildman–Crippen MR) is 119 cm³/mol. The SMILES string of the molecule is Cc1c(N)n[nH]c(=O)c1N(C(C)Oc1c(F)cccc1F)[C@@H]1CCN(C(=O)OC(C)(C)C)C1.